The summed E-state index contributed by atoms with van der Waals surface area (Å²) in [6.07, 6.45) is 1.33. The molecule has 1 aromatic rings. The number of benzene rings is 1. The van der Waals surface area contributed by atoms with Crippen molar-refractivity contribution in [2.45, 2.75) is 18.4 Å². The van der Waals surface area contributed by atoms with Gasteiger partial charge in [0.15, 0.2) is 0 Å². The van der Waals surface area contributed by atoms with E-state index in [0.29, 0.717) is 18.4 Å². The van der Waals surface area contributed by atoms with E-state index in [2.05, 4.69) is 0 Å². The molecule has 5 heteroatoms. The summed E-state index contributed by atoms with van der Waals surface area (Å²) < 4.78 is 26.5. The smallest absolute Gasteiger partial charge is 0.341 e. The first-order valence-electron chi connectivity index (χ1n) is 4.46. The van der Waals surface area contributed by atoms with E-state index in [-0.39, 0.29) is 0 Å². The molecule has 0 spiro atoms. The van der Waals surface area contributed by atoms with Gasteiger partial charge in [-0.1, -0.05) is 0 Å². The van der Waals surface area contributed by atoms with Gasteiger partial charge in [-0.3, -0.25) is 0 Å². The maximum Gasteiger partial charge on any atom is 0.341 e. The monoisotopic (exact) mass is 213 g/mol. The SMILES string of the molecule is NC1(c2cc(F)c(C(=O)O)c(F)c2)CC1. The Morgan fingerprint density at radius 3 is 2.13 bits per heavy atom. The summed E-state index contributed by atoms with van der Waals surface area (Å²) in [5.74, 6) is -3.76. The predicted molar refractivity (Wildman–Crippen MR) is 48.4 cm³/mol. The second-order valence-corrected chi connectivity index (χ2v) is 3.78. The number of hydrogen-bond acceptors (Lipinski definition) is 2. The summed E-state index contributed by atoms with van der Waals surface area (Å²) in [5, 5.41) is 8.54. The third-order valence-corrected chi connectivity index (χ3v) is 2.62. The first-order chi connectivity index (χ1) is 6.94. The molecule has 1 saturated carbocycles. The summed E-state index contributed by atoms with van der Waals surface area (Å²) >= 11 is 0. The fraction of sp³-hybridized carbons (Fsp3) is 0.300. The summed E-state index contributed by atoms with van der Waals surface area (Å²) in [5.41, 5.74) is 4.48. The van der Waals surface area contributed by atoms with Crippen molar-refractivity contribution in [2.24, 2.45) is 5.73 Å². The van der Waals surface area contributed by atoms with Crippen molar-refractivity contribution in [1.82, 2.24) is 0 Å². The molecule has 0 amide bonds. The highest BCUT2D eigenvalue weighted by molar-refractivity contribution is 5.88. The first kappa shape index (κ1) is 10.0. The zero-order valence-corrected chi connectivity index (χ0v) is 7.76. The Labute approximate surface area is 84.5 Å². The third kappa shape index (κ3) is 1.59. The number of carboxylic acids is 1. The highest BCUT2D eigenvalue weighted by Gasteiger charge is 2.41. The Morgan fingerprint density at radius 2 is 1.80 bits per heavy atom. The molecular formula is C10H9F2NO2. The lowest BCUT2D eigenvalue weighted by molar-refractivity contribution is 0.0686. The molecule has 1 fully saturated rings. The highest BCUT2D eigenvalue weighted by Crippen LogP contribution is 2.43. The third-order valence-electron chi connectivity index (χ3n) is 2.62. The zero-order valence-electron chi connectivity index (χ0n) is 7.76. The van der Waals surface area contributed by atoms with Crippen molar-refractivity contribution >= 4 is 5.97 Å². The van der Waals surface area contributed by atoms with Gasteiger partial charge in [-0.25, -0.2) is 13.6 Å². The van der Waals surface area contributed by atoms with E-state index in [1.54, 1.807) is 0 Å². The van der Waals surface area contributed by atoms with E-state index in [0.717, 1.165) is 12.1 Å². The van der Waals surface area contributed by atoms with Crippen LogP contribution in [0.4, 0.5) is 8.78 Å². The Bertz CT molecular complexity index is 418. The minimum atomic E-state index is -1.61. The fourth-order valence-electron chi connectivity index (χ4n) is 1.49. The molecule has 80 valence electrons. The number of carboxylic acid groups (broad SMARTS) is 1. The molecular weight excluding hydrogens is 204 g/mol. The van der Waals surface area contributed by atoms with Gasteiger partial charge in [0.05, 0.1) is 0 Å². The predicted octanol–water partition coefficient (Wildman–Crippen LogP) is 1.61. The van der Waals surface area contributed by atoms with Crippen LogP contribution < -0.4 is 5.73 Å². The van der Waals surface area contributed by atoms with E-state index in [1.807, 2.05) is 0 Å². The van der Waals surface area contributed by atoms with Crippen LogP contribution in [0.3, 0.4) is 0 Å². The fourth-order valence-corrected chi connectivity index (χ4v) is 1.49. The Hall–Kier alpha value is -1.49. The van der Waals surface area contributed by atoms with Crippen LogP contribution in [0.15, 0.2) is 12.1 Å². The lowest BCUT2D eigenvalue weighted by atomic mass is 10.0. The van der Waals surface area contributed by atoms with Crippen molar-refractivity contribution in [3.8, 4) is 0 Å². The summed E-state index contributed by atoms with van der Waals surface area (Å²) in [4.78, 5) is 10.5. The first-order valence-corrected chi connectivity index (χ1v) is 4.46. The Morgan fingerprint density at radius 1 is 1.33 bits per heavy atom. The molecule has 15 heavy (non-hydrogen) atoms. The quantitative estimate of drug-likeness (QED) is 0.784. The minimum Gasteiger partial charge on any atom is -0.477 e. The lowest BCUT2D eigenvalue weighted by Gasteiger charge is -2.10. The van der Waals surface area contributed by atoms with Crippen LogP contribution in [-0.2, 0) is 5.54 Å². The van der Waals surface area contributed by atoms with Gasteiger partial charge in [-0.2, -0.15) is 0 Å². The second kappa shape index (κ2) is 3.00. The molecule has 0 radical (unpaired) electrons. The summed E-state index contributed by atoms with van der Waals surface area (Å²) in [6, 6.07) is 2.00. The van der Waals surface area contributed by atoms with Crippen LogP contribution in [0, 0.1) is 11.6 Å². The molecule has 2 rings (SSSR count). The van der Waals surface area contributed by atoms with Gasteiger partial charge < -0.3 is 10.8 Å². The molecule has 3 N–H and O–H groups in total. The maximum absolute atomic E-state index is 13.2. The standard InChI is InChI=1S/C10H9F2NO2/c11-6-3-5(10(13)1-2-10)4-7(12)8(6)9(14)15/h3-4H,1-2,13H2,(H,14,15). The molecule has 3 nitrogen and oxygen atoms in total. The molecule has 0 aromatic heterocycles. The molecule has 0 saturated heterocycles. The van der Waals surface area contributed by atoms with Gasteiger partial charge in [0, 0.05) is 5.54 Å². The van der Waals surface area contributed by atoms with Crippen LogP contribution in [-0.4, -0.2) is 11.1 Å². The van der Waals surface area contributed by atoms with Gasteiger partial charge in [0.1, 0.15) is 17.2 Å². The molecule has 1 aromatic carbocycles. The normalized spacial score (nSPS) is 17.5. The van der Waals surface area contributed by atoms with Gasteiger partial charge in [-0.15, -0.1) is 0 Å². The van der Waals surface area contributed by atoms with Crippen molar-refractivity contribution in [1.29, 1.82) is 0 Å². The molecule has 1 aliphatic rings. The summed E-state index contributed by atoms with van der Waals surface area (Å²) in [6.45, 7) is 0. The van der Waals surface area contributed by atoms with Crippen LogP contribution in [0.1, 0.15) is 28.8 Å². The molecule has 0 aliphatic heterocycles. The zero-order chi connectivity index (χ0) is 11.2. The number of rotatable bonds is 2. The van der Waals surface area contributed by atoms with Crippen molar-refractivity contribution in [2.75, 3.05) is 0 Å². The van der Waals surface area contributed by atoms with Crippen molar-refractivity contribution in [3.63, 3.8) is 0 Å². The van der Waals surface area contributed by atoms with Crippen LogP contribution >= 0.6 is 0 Å². The van der Waals surface area contributed by atoms with Crippen molar-refractivity contribution < 1.29 is 18.7 Å². The Balaban J connectivity index is 2.52. The van der Waals surface area contributed by atoms with Crippen molar-refractivity contribution in [3.05, 3.63) is 34.9 Å². The van der Waals surface area contributed by atoms with E-state index in [1.165, 1.54) is 0 Å². The minimum absolute atomic E-state index is 0.322. The molecule has 1 aliphatic carbocycles. The second-order valence-electron chi connectivity index (χ2n) is 3.78. The average molecular weight is 213 g/mol. The van der Waals surface area contributed by atoms with Gasteiger partial charge in [0.2, 0.25) is 0 Å². The van der Waals surface area contributed by atoms with E-state index in [4.69, 9.17) is 10.8 Å². The molecule has 0 unspecified atom stereocenters. The number of aromatic carboxylic acids is 1. The Kier molecular flexibility index (Phi) is 2.01. The molecule has 0 atom stereocenters. The van der Waals surface area contributed by atoms with E-state index < -0.39 is 28.7 Å². The number of hydrogen-bond donors (Lipinski definition) is 2. The molecule has 0 bridgehead atoms. The van der Waals surface area contributed by atoms with Gasteiger partial charge in [0.25, 0.3) is 0 Å². The van der Waals surface area contributed by atoms with Crippen LogP contribution in [0.5, 0.6) is 0 Å². The summed E-state index contributed by atoms with van der Waals surface area (Å²) in [7, 11) is 0. The van der Waals surface area contributed by atoms with Crippen LogP contribution in [0.2, 0.25) is 0 Å². The van der Waals surface area contributed by atoms with Crippen LogP contribution in [0.25, 0.3) is 0 Å². The number of halogens is 2. The van der Waals surface area contributed by atoms with E-state index in [9.17, 15) is 13.6 Å². The van der Waals surface area contributed by atoms with Gasteiger partial charge >= 0.3 is 5.97 Å². The number of nitrogens with two attached hydrogens (primary N) is 1. The maximum atomic E-state index is 13.2. The average Bonchev–Trinajstić information content (AvgIpc) is 2.82. The lowest BCUT2D eigenvalue weighted by Crippen LogP contribution is -2.20. The van der Waals surface area contributed by atoms with E-state index >= 15 is 0 Å². The largest absolute Gasteiger partial charge is 0.477 e. The number of carbonyl (C=O) groups is 1. The molecule has 0 heterocycles. The topological polar surface area (TPSA) is 63.3 Å². The van der Waals surface area contributed by atoms with Gasteiger partial charge in [-0.05, 0) is 30.5 Å². The highest BCUT2D eigenvalue weighted by atomic mass is 19.1.